The normalized spacial score (nSPS) is 12.4. The van der Waals surface area contributed by atoms with Crippen molar-refractivity contribution in [3.63, 3.8) is 0 Å². The summed E-state index contributed by atoms with van der Waals surface area (Å²) in [5, 5.41) is 17.5. The molecule has 0 fully saturated rings. The minimum Gasteiger partial charge on any atom is -0.380 e. The molecule has 76 valence electrons. The predicted octanol–water partition coefficient (Wildman–Crippen LogP) is 1.26. The largest absolute Gasteiger partial charge is 0.380 e. The molecular weight excluding hydrogens is 190 g/mol. The van der Waals surface area contributed by atoms with Crippen molar-refractivity contribution in [1.82, 2.24) is 15.2 Å². The predicted molar refractivity (Wildman–Crippen MR) is 55.1 cm³/mol. The molecular formula is C11H11N3O. The highest BCUT2D eigenvalue weighted by molar-refractivity contribution is 5.19. The van der Waals surface area contributed by atoms with Gasteiger partial charge in [-0.05, 0) is 31.2 Å². The molecule has 1 unspecified atom stereocenters. The Balaban J connectivity index is 2.32. The van der Waals surface area contributed by atoms with Crippen LogP contribution in [0.3, 0.4) is 0 Å². The third-order valence-electron chi connectivity index (χ3n) is 2.06. The summed E-state index contributed by atoms with van der Waals surface area (Å²) in [6.45, 7) is 1.88. The van der Waals surface area contributed by atoms with Gasteiger partial charge in [-0.1, -0.05) is 6.07 Å². The number of rotatable bonds is 2. The SMILES string of the molecule is Cc1cccc(C(O)c2cccnn2)n1. The molecule has 4 nitrogen and oxygen atoms in total. The number of aliphatic hydroxyl groups excluding tert-OH is 1. The fourth-order valence-corrected chi connectivity index (χ4v) is 1.33. The summed E-state index contributed by atoms with van der Waals surface area (Å²) in [7, 11) is 0. The van der Waals surface area contributed by atoms with Crippen LogP contribution in [0.4, 0.5) is 0 Å². The molecule has 0 aliphatic rings. The average molecular weight is 201 g/mol. The molecule has 2 rings (SSSR count). The summed E-state index contributed by atoms with van der Waals surface area (Å²) >= 11 is 0. The Morgan fingerprint density at radius 1 is 1.13 bits per heavy atom. The van der Waals surface area contributed by atoms with Crippen LogP contribution >= 0.6 is 0 Å². The Bertz CT molecular complexity index is 445. The second-order valence-corrected chi connectivity index (χ2v) is 3.25. The van der Waals surface area contributed by atoms with Gasteiger partial charge < -0.3 is 5.11 Å². The van der Waals surface area contributed by atoms with E-state index in [0.29, 0.717) is 11.4 Å². The van der Waals surface area contributed by atoms with Gasteiger partial charge in [0.05, 0.1) is 11.4 Å². The van der Waals surface area contributed by atoms with E-state index in [0.717, 1.165) is 5.69 Å². The van der Waals surface area contributed by atoms with Crippen molar-refractivity contribution in [2.75, 3.05) is 0 Å². The van der Waals surface area contributed by atoms with Crippen LogP contribution in [-0.4, -0.2) is 20.3 Å². The van der Waals surface area contributed by atoms with Crippen LogP contribution in [0.25, 0.3) is 0 Å². The number of nitrogens with zero attached hydrogens (tertiary/aromatic N) is 3. The Kier molecular flexibility index (Phi) is 2.69. The van der Waals surface area contributed by atoms with Crippen molar-refractivity contribution in [2.24, 2.45) is 0 Å². The van der Waals surface area contributed by atoms with Gasteiger partial charge in [0.1, 0.15) is 6.10 Å². The van der Waals surface area contributed by atoms with Crippen molar-refractivity contribution in [2.45, 2.75) is 13.0 Å². The van der Waals surface area contributed by atoms with E-state index >= 15 is 0 Å². The smallest absolute Gasteiger partial charge is 0.140 e. The quantitative estimate of drug-likeness (QED) is 0.794. The fraction of sp³-hybridized carbons (Fsp3) is 0.182. The summed E-state index contributed by atoms with van der Waals surface area (Å²) < 4.78 is 0. The van der Waals surface area contributed by atoms with E-state index in [2.05, 4.69) is 15.2 Å². The number of hydrogen-bond donors (Lipinski definition) is 1. The molecule has 0 saturated carbocycles. The van der Waals surface area contributed by atoms with E-state index < -0.39 is 6.10 Å². The third kappa shape index (κ3) is 2.16. The van der Waals surface area contributed by atoms with Gasteiger partial charge in [0.25, 0.3) is 0 Å². The summed E-state index contributed by atoms with van der Waals surface area (Å²) in [4.78, 5) is 4.23. The van der Waals surface area contributed by atoms with Crippen LogP contribution in [0.15, 0.2) is 36.5 Å². The van der Waals surface area contributed by atoms with Gasteiger partial charge in [0.2, 0.25) is 0 Å². The van der Waals surface area contributed by atoms with Crippen LogP contribution in [0.5, 0.6) is 0 Å². The molecule has 2 aromatic heterocycles. The van der Waals surface area contributed by atoms with Gasteiger partial charge in [-0.3, -0.25) is 4.98 Å². The Labute approximate surface area is 87.6 Å². The molecule has 4 heteroatoms. The molecule has 0 bridgehead atoms. The maximum absolute atomic E-state index is 9.95. The van der Waals surface area contributed by atoms with Crippen LogP contribution in [0, 0.1) is 6.92 Å². The summed E-state index contributed by atoms with van der Waals surface area (Å²) in [5.41, 5.74) is 1.97. The molecule has 15 heavy (non-hydrogen) atoms. The standard InChI is InChI=1S/C11H11N3O/c1-8-4-2-5-9(13-8)11(15)10-6-3-7-12-14-10/h2-7,11,15H,1H3. The molecule has 0 amide bonds. The minimum absolute atomic E-state index is 0.510. The van der Waals surface area contributed by atoms with Crippen LogP contribution < -0.4 is 0 Å². The third-order valence-corrected chi connectivity index (χ3v) is 2.06. The molecule has 0 aromatic carbocycles. The zero-order valence-electron chi connectivity index (χ0n) is 8.33. The van der Waals surface area contributed by atoms with Crippen LogP contribution in [0.2, 0.25) is 0 Å². The number of aliphatic hydroxyl groups is 1. The second kappa shape index (κ2) is 4.14. The lowest BCUT2D eigenvalue weighted by atomic mass is 10.1. The van der Waals surface area contributed by atoms with Gasteiger partial charge in [-0.2, -0.15) is 10.2 Å². The first-order valence-electron chi connectivity index (χ1n) is 4.66. The van der Waals surface area contributed by atoms with Crippen molar-refractivity contribution >= 4 is 0 Å². The summed E-state index contributed by atoms with van der Waals surface area (Å²) in [5.74, 6) is 0. The number of aromatic nitrogens is 3. The maximum Gasteiger partial charge on any atom is 0.140 e. The van der Waals surface area contributed by atoms with Crippen molar-refractivity contribution < 1.29 is 5.11 Å². The van der Waals surface area contributed by atoms with E-state index in [1.165, 1.54) is 0 Å². The van der Waals surface area contributed by atoms with Crippen molar-refractivity contribution in [3.8, 4) is 0 Å². The van der Waals surface area contributed by atoms with Gasteiger partial charge in [0, 0.05) is 11.9 Å². The van der Waals surface area contributed by atoms with Crippen molar-refractivity contribution in [3.05, 3.63) is 53.6 Å². The zero-order valence-corrected chi connectivity index (χ0v) is 8.33. The van der Waals surface area contributed by atoms with Gasteiger partial charge in [-0.25, -0.2) is 0 Å². The maximum atomic E-state index is 9.95. The molecule has 0 radical (unpaired) electrons. The number of pyridine rings is 1. The average Bonchev–Trinajstić information content (AvgIpc) is 2.29. The lowest BCUT2D eigenvalue weighted by molar-refractivity contribution is 0.209. The van der Waals surface area contributed by atoms with Crippen LogP contribution in [0.1, 0.15) is 23.2 Å². The van der Waals surface area contributed by atoms with Gasteiger partial charge in [-0.15, -0.1) is 0 Å². The first-order valence-corrected chi connectivity index (χ1v) is 4.66. The van der Waals surface area contributed by atoms with Crippen LogP contribution in [-0.2, 0) is 0 Å². The van der Waals surface area contributed by atoms with E-state index in [-0.39, 0.29) is 0 Å². The fourth-order valence-electron chi connectivity index (χ4n) is 1.33. The highest BCUT2D eigenvalue weighted by atomic mass is 16.3. The molecule has 0 aliphatic carbocycles. The molecule has 0 spiro atoms. The highest BCUT2D eigenvalue weighted by Crippen LogP contribution is 2.17. The topological polar surface area (TPSA) is 58.9 Å². The van der Waals surface area contributed by atoms with Gasteiger partial charge in [0.15, 0.2) is 0 Å². The Morgan fingerprint density at radius 2 is 1.93 bits per heavy atom. The highest BCUT2D eigenvalue weighted by Gasteiger charge is 2.12. The zero-order chi connectivity index (χ0) is 10.7. The Morgan fingerprint density at radius 3 is 2.60 bits per heavy atom. The first-order chi connectivity index (χ1) is 7.27. The lowest BCUT2D eigenvalue weighted by Gasteiger charge is -2.08. The van der Waals surface area contributed by atoms with E-state index in [9.17, 15) is 5.11 Å². The molecule has 1 atom stereocenters. The molecule has 0 aliphatic heterocycles. The van der Waals surface area contributed by atoms with E-state index in [1.54, 1.807) is 24.4 Å². The number of aryl methyl sites for hydroxylation is 1. The van der Waals surface area contributed by atoms with Gasteiger partial charge >= 0.3 is 0 Å². The van der Waals surface area contributed by atoms with E-state index in [1.807, 2.05) is 19.1 Å². The summed E-state index contributed by atoms with van der Waals surface area (Å²) in [6, 6.07) is 8.97. The second-order valence-electron chi connectivity index (χ2n) is 3.25. The Hall–Kier alpha value is -1.81. The molecule has 2 aromatic rings. The first kappa shape index (κ1) is 9.73. The molecule has 2 heterocycles. The molecule has 1 N–H and O–H groups in total. The molecule has 0 saturated heterocycles. The van der Waals surface area contributed by atoms with E-state index in [4.69, 9.17) is 0 Å². The summed E-state index contributed by atoms with van der Waals surface area (Å²) in [6.07, 6.45) is 0.762. The minimum atomic E-state index is -0.807. The monoisotopic (exact) mass is 201 g/mol. The van der Waals surface area contributed by atoms with Crippen molar-refractivity contribution in [1.29, 1.82) is 0 Å². The number of hydrogen-bond acceptors (Lipinski definition) is 4. The lowest BCUT2D eigenvalue weighted by Crippen LogP contribution is -2.05.